The van der Waals surface area contributed by atoms with Gasteiger partial charge in [-0.2, -0.15) is 0 Å². The van der Waals surface area contributed by atoms with Crippen LogP contribution in [0.1, 0.15) is 41.0 Å². The standard InChI is InChI=1S/C27H28N2O5S/c1-5-25(27(32)28-20-12-9-18(10-13-20)17(2)30)35-22-8-6-7-21(16-22)29-26(31)19-11-14-23(33-3)24(15-19)34-4/h6-16,25H,5H2,1-4H3,(H,28,32)(H,29,31). The van der Waals surface area contributed by atoms with Crippen LogP contribution in [0.25, 0.3) is 0 Å². The molecule has 0 heterocycles. The Morgan fingerprint density at radius 2 is 1.51 bits per heavy atom. The molecule has 3 rings (SSSR count). The summed E-state index contributed by atoms with van der Waals surface area (Å²) >= 11 is 1.42. The average molecular weight is 493 g/mol. The van der Waals surface area contributed by atoms with E-state index in [0.717, 1.165) is 4.90 Å². The van der Waals surface area contributed by atoms with E-state index in [9.17, 15) is 14.4 Å². The number of ether oxygens (including phenoxy) is 2. The molecule has 2 N–H and O–H groups in total. The van der Waals surface area contributed by atoms with Gasteiger partial charge in [0.05, 0.1) is 19.5 Å². The molecule has 35 heavy (non-hydrogen) atoms. The molecule has 3 aromatic rings. The molecule has 0 radical (unpaired) electrons. The molecule has 8 heteroatoms. The van der Waals surface area contributed by atoms with E-state index in [4.69, 9.17) is 9.47 Å². The largest absolute Gasteiger partial charge is 0.493 e. The predicted molar refractivity (Wildman–Crippen MR) is 139 cm³/mol. The quantitative estimate of drug-likeness (QED) is 0.280. The number of carbonyl (C=O) groups is 3. The van der Waals surface area contributed by atoms with Crippen LogP contribution in [0, 0.1) is 0 Å². The van der Waals surface area contributed by atoms with Crippen molar-refractivity contribution in [1.82, 2.24) is 0 Å². The summed E-state index contributed by atoms with van der Waals surface area (Å²) in [7, 11) is 3.05. The molecule has 1 atom stereocenters. The number of thioether (sulfide) groups is 1. The van der Waals surface area contributed by atoms with Crippen molar-refractivity contribution in [2.24, 2.45) is 0 Å². The number of ketones is 1. The highest BCUT2D eigenvalue weighted by Gasteiger charge is 2.19. The lowest BCUT2D eigenvalue weighted by Crippen LogP contribution is -2.24. The number of hydrogen-bond acceptors (Lipinski definition) is 6. The minimum Gasteiger partial charge on any atom is -0.493 e. The van der Waals surface area contributed by atoms with E-state index >= 15 is 0 Å². The number of methoxy groups -OCH3 is 2. The Hall–Kier alpha value is -3.78. The van der Waals surface area contributed by atoms with Gasteiger partial charge >= 0.3 is 0 Å². The van der Waals surface area contributed by atoms with Crippen LogP contribution in [-0.4, -0.2) is 37.1 Å². The van der Waals surface area contributed by atoms with Gasteiger partial charge < -0.3 is 20.1 Å². The van der Waals surface area contributed by atoms with Gasteiger partial charge in [0.25, 0.3) is 5.91 Å². The molecule has 7 nitrogen and oxygen atoms in total. The van der Waals surface area contributed by atoms with Crippen molar-refractivity contribution in [3.8, 4) is 11.5 Å². The summed E-state index contributed by atoms with van der Waals surface area (Å²) in [5.41, 5.74) is 2.28. The van der Waals surface area contributed by atoms with Crippen LogP contribution in [0.5, 0.6) is 11.5 Å². The van der Waals surface area contributed by atoms with E-state index in [0.29, 0.717) is 40.4 Å². The van der Waals surface area contributed by atoms with Crippen LogP contribution in [0.3, 0.4) is 0 Å². The van der Waals surface area contributed by atoms with Crippen molar-refractivity contribution in [1.29, 1.82) is 0 Å². The van der Waals surface area contributed by atoms with Gasteiger partial charge in [0.15, 0.2) is 17.3 Å². The van der Waals surface area contributed by atoms with Crippen molar-refractivity contribution in [2.75, 3.05) is 24.9 Å². The lowest BCUT2D eigenvalue weighted by Gasteiger charge is -2.16. The SMILES string of the molecule is CCC(Sc1cccc(NC(=O)c2ccc(OC)c(OC)c2)c1)C(=O)Nc1ccc(C(C)=O)cc1. The zero-order valence-electron chi connectivity index (χ0n) is 20.1. The number of carbonyl (C=O) groups excluding carboxylic acids is 3. The Morgan fingerprint density at radius 3 is 2.14 bits per heavy atom. The monoisotopic (exact) mass is 492 g/mol. The Balaban J connectivity index is 1.66. The molecule has 3 aromatic carbocycles. The second-order valence-corrected chi connectivity index (χ2v) is 8.97. The summed E-state index contributed by atoms with van der Waals surface area (Å²) in [5.74, 6) is 0.570. The van der Waals surface area contributed by atoms with Gasteiger partial charge in [-0.25, -0.2) is 0 Å². The van der Waals surface area contributed by atoms with Crippen LogP contribution < -0.4 is 20.1 Å². The van der Waals surface area contributed by atoms with Gasteiger partial charge in [-0.1, -0.05) is 13.0 Å². The van der Waals surface area contributed by atoms with Crippen LogP contribution in [0.4, 0.5) is 11.4 Å². The lowest BCUT2D eigenvalue weighted by molar-refractivity contribution is -0.115. The minimum absolute atomic E-state index is 0.0250. The Bertz CT molecular complexity index is 1210. The van der Waals surface area contributed by atoms with Gasteiger partial charge in [0.2, 0.25) is 5.91 Å². The third-order valence-corrected chi connectivity index (χ3v) is 6.60. The molecule has 0 spiro atoms. The molecule has 0 fully saturated rings. The van der Waals surface area contributed by atoms with Crippen molar-refractivity contribution in [3.05, 3.63) is 77.9 Å². The highest BCUT2D eigenvalue weighted by atomic mass is 32.2. The molecule has 0 saturated heterocycles. The lowest BCUT2D eigenvalue weighted by atomic mass is 10.1. The molecular weight excluding hydrogens is 464 g/mol. The maximum absolute atomic E-state index is 12.8. The number of hydrogen-bond donors (Lipinski definition) is 2. The summed E-state index contributed by atoms with van der Waals surface area (Å²) in [6.07, 6.45) is 0.615. The third-order valence-electron chi connectivity index (χ3n) is 5.24. The molecule has 0 aliphatic heterocycles. The van der Waals surface area contributed by atoms with Crippen molar-refractivity contribution in [2.45, 2.75) is 30.4 Å². The van der Waals surface area contributed by atoms with Crippen LogP contribution in [-0.2, 0) is 4.79 Å². The van der Waals surface area contributed by atoms with Crippen LogP contribution in [0.2, 0.25) is 0 Å². The molecule has 0 aliphatic rings. The summed E-state index contributed by atoms with van der Waals surface area (Å²) in [6, 6.07) is 19.1. The molecule has 0 aromatic heterocycles. The van der Waals surface area contributed by atoms with E-state index in [-0.39, 0.29) is 22.8 Å². The molecule has 0 bridgehead atoms. The predicted octanol–water partition coefficient (Wildman–Crippen LogP) is 5.67. The number of amides is 2. The first-order valence-electron chi connectivity index (χ1n) is 11.1. The van der Waals surface area contributed by atoms with Crippen LogP contribution in [0.15, 0.2) is 71.6 Å². The molecule has 2 amide bonds. The Kier molecular flexibility index (Phi) is 8.92. The first kappa shape index (κ1) is 25.8. The number of anilines is 2. The normalized spacial score (nSPS) is 11.3. The summed E-state index contributed by atoms with van der Waals surface area (Å²) in [5, 5.41) is 5.46. The topological polar surface area (TPSA) is 93.7 Å². The summed E-state index contributed by atoms with van der Waals surface area (Å²) < 4.78 is 10.5. The Morgan fingerprint density at radius 1 is 0.829 bits per heavy atom. The van der Waals surface area contributed by atoms with Gasteiger partial charge in [0.1, 0.15) is 0 Å². The van der Waals surface area contributed by atoms with E-state index in [1.165, 1.54) is 32.9 Å². The number of Topliss-reactive ketones (excluding diaryl/α,β-unsaturated/α-hetero) is 1. The molecular formula is C27H28N2O5S. The first-order chi connectivity index (χ1) is 16.8. The Labute approximate surface area is 209 Å². The maximum Gasteiger partial charge on any atom is 0.255 e. The number of nitrogens with one attached hydrogen (secondary N) is 2. The summed E-state index contributed by atoms with van der Waals surface area (Å²) in [6.45, 7) is 3.44. The van der Waals surface area contributed by atoms with Crippen molar-refractivity contribution >= 4 is 40.7 Å². The molecule has 182 valence electrons. The maximum atomic E-state index is 12.8. The van der Waals surface area contributed by atoms with Crippen molar-refractivity contribution in [3.63, 3.8) is 0 Å². The smallest absolute Gasteiger partial charge is 0.255 e. The van der Waals surface area contributed by atoms with E-state index < -0.39 is 0 Å². The summed E-state index contributed by atoms with van der Waals surface area (Å²) in [4.78, 5) is 37.9. The highest BCUT2D eigenvalue weighted by Crippen LogP contribution is 2.30. The van der Waals surface area contributed by atoms with Gasteiger partial charge in [-0.15, -0.1) is 11.8 Å². The fraction of sp³-hybridized carbons (Fsp3) is 0.222. The van der Waals surface area contributed by atoms with E-state index in [1.54, 1.807) is 48.5 Å². The second-order valence-electron chi connectivity index (χ2n) is 7.69. The fourth-order valence-electron chi connectivity index (χ4n) is 3.33. The second kappa shape index (κ2) is 12.1. The minimum atomic E-state index is -0.334. The number of rotatable bonds is 10. The van der Waals surface area contributed by atoms with E-state index in [1.807, 2.05) is 25.1 Å². The van der Waals surface area contributed by atoms with Gasteiger partial charge in [0, 0.05) is 27.4 Å². The zero-order valence-corrected chi connectivity index (χ0v) is 20.9. The number of benzene rings is 3. The first-order valence-corrected chi connectivity index (χ1v) is 11.9. The van der Waals surface area contributed by atoms with E-state index in [2.05, 4.69) is 10.6 Å². The average Bonchev–Trinajstić information content (AvgIpc) is 2.87. The zero-order chi connectivity index (χ0) is 25.4. The molecule has 0 saturated carbocycles. The fourth-order valence-corrected chi connectivity index (χ4v) is 4.34. The third kappa shape index (κ3) is 6.86. The van der Waals surface area contributed by atoms with Gasteiger partial charge in [-0.3, -0.25) is 14.4 Å². The molecule has 0 aliphatic carbocycles. The van der Waals surface area contributed by atoms with Gasteiger partial charge in [-0.05, 0) is 74.0 Å². The van der Waals surface area contributed by atoms with Crippen LogP contribution >= 0.6 is 11.8 Å². The molecule has 1 unspecified atom stereocenters. The highest BCUT2D eigenvalue weighted by molar-refractivity contribution is 8.00. The van der Waals surface area contributed by atoms with Crippen molar-refractivity contribution < 1.29 is 23.9 Å².